The first-order valence-corrected chi connectivity index (χ1v) is 6.69. The van der Waals surface area contributed by atoms with E-state index in [1.807, 2.05) is 18.2 Å². The van der Waals surface area contributed by atoms with Gasteiger partial charge in [-0.2, -0.15) is 0 Å². The van der Waals surface area contributed by atoms with Crippen LogP contribution in [0, 0.1) is 0 Å². The van der Waals surface area contributed by atoms with E-state index in [0.717, 1.165) is 22.6 Å². The zero-order valence-corrected chi connectivity index (χ0v) is 11.3. The van der Waals surface area contributed by atoms with Crippen LogP contribution >= 0.6 is 0 Å². The lowest BCUT2D eigenvalue weighted by molar-refractivity contribution is 0.151. The molecule has 1 N–H and O–H groups in total. The van der Waals surface area contributed by atoms with Crippen LogP contribution in [0.4, 0.5) is 8.78 Å². The SMILES string of the molecule is FC(F)c1ccc(CNCc2cccc3c2OCO3)cc1. The fraction of sp³-hybridized carbons (Fsp3) is 0.250. The summed E-state index contributed by atoms with van der Waals surface area (Å²) in [6, 6.07) is 12.1. The maximum Gasteiger partial charge on any atom is 0.263 e. The van der Waals surface area contributed by atoms with Crippen LogP contribution in [0.2, 0.25) is 0 Å². The lowest BCUT2D eigenvalue weighted by Gasteiger charge is -2.08. The van der Waals surface area contributed by atoms with Crippen molar-refractivity contribution in [3.05, 3.63) is 59.2 Å². The highest BCUT2D eigenvalue weighted by atomic mass is 19.3. The Hall–Kier alpha value is -2.14. The minimum Gasteiger partial charge on any atom is -0.454 e. The van der Waals surface area contributed by atoms with Gasteiger partial charge in [0.2, 0.25) is 6.79 Å². The summed E-state index contributed by atoms with van der Waals surface area (Å²) in [5.41, 5.74) is 2.03. The maximum absolute atomic E-state index is 12.5. The zero-order valence-electron chi connectivity index (χ0n) is 11.3. The smallest absolute Gasteiger partial charge is 0.263 e. The van der Waals surface area contributed by atoms with Gasteiger partial charge in [-0.25, -0.2) is 8.78 Å². The van der Waals surface area contributed by atoms with E-state index in [-0.39, 0.29) is 12.4 Å². The fourth-order valence-corrected chi connectivity index (χ4v) is 2.25. The monoisotopic (exact) mass is 291 g/mol. The van der Waals surface area contributed by atoms with E-state index >= 15 is 0 Å². The molecule has 3 rings (SSSR count). The molecule has 110 valence electrons. The van der Waals surface area contributed by atoms with Crippen molar-refractivity contribution in [1.82, 2.24) is 5.32 Å². The first kappa shape index (κ1) is 13.8. The summed E-state index contributed by atoms with van der Waals surface area (Å²) in [6.45, 7) is 1.48. The van der Waals surface area contributed by atoms with Gasteiger partial charge in [-0.15, -0.1) is 0 Å². The average molecular weight is 291 g/mol. The Bertz CT molecular complexity index is 614. The summed E-state index contributed by atoms with van der Waals surface area (Å²) in [5, 5.41) is 3.27. The Balaban J connectivity index is 1.58. The van der Waals surface area contributed by atoms with Crippen molar-refractivity contribution in [2.24, 2.45) is 0 Å². The molecule has 0 aromatic heterocycles. The van der Waals surface area contributed by atoms with Gasteiger partial charge in [0.15, 0.2) is 11.5 Å². The number of rotatable bonds is 5. The van der Waals surface area contributed by atoms with Crippen molar-refractivity contribution in [1.29, 1.82) is 0 Å². The molecule has 0 atom stereocenters. The number of alkyl halides is 2. The number of hydrogen-bond donors (Lipinski definition) is 1. The second-order valence-corrected chi connectivity index (χ2v) is 4.80. The Morgan fingerprint density at radius 3 is 2.57 bits per heavy atom. The van der Waals surface area contributed by atoms with E-state index in [4.69, 9.17) is 9.47 Å². The maximum atomic E-state index is 12.5. The van der Waals surface area contributed by atoms with Gasteiger partial charge in [-0.05, 0) is 11.6 Å². The van der Waals surface area contributed by atoms with Crippen LogP contribution < -0.4 is 14.8 Å². The van der Waals surface area contributed by atoms with E-state index in [9.17, 15) is 8.78 Å². The van der Waals surface area contributed by atoms with Crippen LogP contribution in [0.3, 0.4) is 0 Å². The molecule has 1 aliphatic heterocycles. The van der Waals surface area contributed by atoms with Gasteiger partial charge in [0.1, 0.15) is 0 Å². The molecule has 21 heavy (non-hydrogen) atoms. The van der Waals surface area contributed by atoms with E-state index < -0.39 is 6.43 Å². The molecule has 0 saturated heterocycles. The van der Waals surface area contributed by atoms with E-state index in [1.165, 1.54) is 12.1 Å². The van der Waals surface area contributed by atoms with Crippen LogP contribution in [0.5, 0.6) is 11.5 Å². The van der Waals surface area contributed by atoms with Crippen LogP contribution in [0.1, 0.15) is 23.1 Å². The van der Waals surface area contributed by atoms with Crippen molar-refractivity contribution >= 4 is 0 Å². The number of fused-ring (bicyclic) bond motifs is 1. The third-order valence-electron chi connectivity index (χ3n) is 3.35. The largest absolute Gasteiger partial charge is 0.454 e. The standard InChI is InChI=1S/C16H15F2NO2/c17-16(18)12-6-4-11(5-7-12)8-19-9-13-2-1-3-14-15(13)21-10-20-14/h1-7,16,19H,8-10H2. The number of benzene rings is 2. The van der Waals surface area contributed by atoms with E-state index in [0.29, 0.717) is 13.1 Å². The Kier molecular flexibility index (Phi) is 4.01. The van der Waals surface area contributed by atoms with Crippen LogP contribution in [0.15, 0.2) is 42.5 Å². The molecule has 0 amide bonds. The van der Waals surface area contributed by atoms with E-state index in [2.05, 4.69) is 5.32 Å². The molecule has 0 aliphatic carbocycles. The molecule has 3 nitrogen and oxygen atoms in total. The van der Waals surface area contributed by atoms with Gasteiger partial charge < -0.3 is 14.8 Å². The highest BCUT2D eigenvalue weighted by molar-refractivity contribution is 5.48. The van der Waals surface area contributed by atoms with Crippen LogP contribution in [-0.2, 0) is 13.1 Å². The minimum absolute atomic E-state index is 0.0465. The molecule has 1 heterocycles. The first-order valence-electron chi connectivity index (χ1n) is 6.69. The molecule has 0 fully saturated rings. The van der Waals surface area contributed by atoms with E-state index in [1.54, 1.807) is 12.1 Å². The van der Waals surface area contributed by atoms with Crippen molar-refractivity contribution < 1.29 is 18.3 Å². The van der Waals surface area contributed by atoms with Crippen molar-refractivity contribution in [2.75, 3.05) is 6.79 Å². The zero-order chi connectivity index (χ0) is 14.7. The molecule has 5 heteroatoms. The highest BCUT2D eigenvalue weighted by Gasteiger charge is 2.16. The number of nitrogens with one attached hydrogen (secondary N) is 1. The third kappa shape index (κ3) is 3.13. The molecule has 0 saturated carbocycles. The first-order chi connectivity index (χ1) is 10.2. The Morgan fingerprint density at radius 1 is 1.00 bits per heavy atom. The summed E-state index contributed by atoms with van der Waals surface area (Å²) >= 11 is 0. The molecule has 2 aromatic carbocycles. The van der Waals surface area contributed by atoms with Gasteiger partial charge in [-0.3, -0.25) is 0 Å². The molecular weight excluding hydrogens is 276 g/mol. The predicted octanol–water partition coefficient (Wildman–Crippen LogP) is 3.64. The Labute approximate surface area is 121 Å². The molecule has 0 radical (unpaired) electrons. The van der Waals surface area contributed by atoms with Crippen molar-refractivity contribution in [2.45, 2.75) is 19.5 Å². The molecule has 1 aliphatic rings. The number of halogens is 2. The molecule has 0 unspecified atom stereocenters. The lowest BCUT2D eigenvalue weighted by atomic mass is 10.1. The van der Waals surface area contributed by atoms with Gasteiger partial charge in [0.25, 0.3) is 6.43 Å². The highest BCUT2D eigenvalue weighted by Crippen LogP contribution is 2.35. The molecule has 0 bridgehead atoms. The molecule has 0 spiro atoms. The van der Waals surface area contributed by atoms with Gasteiger partial charge in [0, 0.05) is 24.2 Å². The third-order valence-corrected chi connectivity index (χ3v) is 3.35. The van der Waals surface area contributed by atoms with Gasteiger partial charge >= 0.3 is 0 Å². The fourth-order valence-electron chi connectivity index (χ4n) is 2.25. The lowest BCUT2D eigenvalue weighted by Crippen LogP contribution is -2.13. The average Bonchev–Trinajstić information content (AvgIpc) is 2.97. The van der Waals surface area contributed by atoms with Crippen LogP contribution in [-0.4, -0.2) is 6.79 Å². The van der Waals surface area contributed by atoms with Crippen molar-refractivity contribution in [3.8, 4) is 11.5 Å². The Morgan fingerprint density at radius 2 is 1.81 bits per heavy atom. The second kappa shape index (κ2) is 6.10. The normalized spacial score (nSPS) is 12.9. The topological polar surface area (TPSA) is 30.5 Å². The summed E-state index contributed by atoms with van der Waals surface area (Å²) in [5.74, 6) is 1.54. The number of ether oxygens (including phenoxy) is 2. The van der Waals surface area contributed by atoms with Crippen molar-refractivity contribution in [3.63, 3.8) is 0 Å². The number of hydrogen-bond acceptors (Lipinski definition) is 3. The van der Waals surface area contributed by atoms with Gasteiger partial charge in [-0.1, -0.05) is 36.4 Å². The minimum atomic E-state index is -2.42. The summed E-state index contributed by atoms with van der Waals surface area (Å²) in [6.07, 6.45) is -2.42. The molecule has 2 aromatic rings. The van der Waals surface area contributed by atoms with Crippen LogP contribution in [0.25, 0.3) is 0 Å². The summed E-state index contributed by atoms with van der Waals surface area (Å²) in [4.78, 5) is 0. The second-order valence-electron chi connectivity index (χ2n) is 4.80. The summed E-state index contributed by atoms with van der Waals surface area (Å²) < 4.78 is 35.7. The predicted molar refractivity (Wildman–Crippen MR) is 74.5 cm³/mol. The molecular formula is C16H15F2NO2. The quantitative estimate of drug-likeness (QED) is 0.912. The van der Waals surface area contributed by atoms with Gasteiger partial charge in [0.05, 0.1) is 0 Å². The summed E-state index contributed by atoms with van der Waals surface area (Å²) in [7, 11) is 0. The number of para-hydroxylation sites is 1.